The number of rotatable bonds is 1. The molecule has 3 nitrogen and oxygen atoms in total. The van der Waals surface area contributed by atoms with Crippen LogP contribution in [0.1, 0.15) is 21.6 Å². The Bertz CT molecular complexity index is 896. The van der Waals surface area contributed by atoms with Gasteiger partial charge in [-0.25, -0.2) is 0 Å². The maximum absolute atomic E-state index is 12.8. The normalized spacial score (nSPS) is 14.1. The van der Waals surface area contributed by atoms with Gasteiger partial charge >= 0.3 is 0 Å². The summed E-state index contributed by atoms with van der Waals surface area (Å²) in [7, 11) is 2.12. The molecule has 2 aromatic carbocycles. The number of para-hydroxylation sites is 1. The average molecular weight is 369 g/mol. The molecule has 0 unspecified atom stereocenters. The van der Waals surface area contributed by atoms with E-state index in [4.69, 9.17) is 0 Å². The van der Waals surface area contributed by atoms with Crippen molar-refractivity contribution in [2.75, 3.05) is 6.54 Å². The van der Waals surface area contributed by atoms with Crippen molar-refractivity contribution < 1.29 is 4.79 Å². The smallest absolute Gasteiger partial charge is 0.254 e. The summed E-state index contributed by atoms with van der Waals surface area (Å²) < 4.78 is 3.26. The van der Waals surface area contributed by atoms with E-state index >= 15 is 0 Å². The standard InChI is InChI=1S/C19H17BrN2O/c1-21-17-5-3-2-4-15(17)16-12-22(11-10-18(16)21)19(23)13-6-8-14(20)9-7-13/h2-9H,10-12H2,1H3. The number of amides is 1. The van der Waals surface area contributed by atoms with Crippen molar-refractivity contribution >= 4 is 32.7 Å². The van der Waals surface area contributed by atoms with E-state index in [0.717, 1.165) is 23.0 Å². The van der Waals surface area contributed by atoms with E-state index in [1.807, 2.05) is 29.2 Å². The molecule has 2 heterocycles. The Kier molecular flexibility index (Phi) is 3.49. The molecule has 0 aliphatic carbocycles. The lowest BCUT2D eigenvalue weighted by Gasteiger charge is -2.28. The Morgan fingerprint density at radius 1 is 1.09 bits per heavy atom. The van der Waals surface area contributed by atoms with Crippen LogP contribution in [0, 0.1) is 0 Å². The van der Waals surface area contributed by atoms with Crippen LogP contribution in [-0.2, 0) is 20.0 Å². The first-order valence-electron chi connectivity index (χ1n) is 7.75. The van der Waals surface area contributed by atoms with Crippen molar-refractivity contribution in [2.45, 2.75) is 13.0 Å². The van der Waals surface area contributed by atoms with E-state index in [9.17, 15) is 4.79 Å². The number of halogens is 1. The first-order chi connectivity index (χ1) is 11.1. The second-order valence-electron chi connectivity index (χ2n) is 5.99. The van der Waals surface area contributed by atoms with Gasteiger partial charge in [0, 0.05) is 58.8 Å². The van der Waals surface area contributed by atoms with Crippen LogP contribution in [0.15, 0.2) is 53.0 Å². The molecule has 4 heteroatoms. The minimum Gasteiger partial charge on any atom is -0.347 e. The predicted molar refractivity (Wildman–Crippen MR) is 95.5 cm³/mol. The highest BCUT2D eigenvalue weighted by Gasteiger charge is 2.26. The summed E-state index contributed by atoms with van der Waals surface area (Å²) in [6.45, 7) is 1.46. The molecule has 4 rings (SSSR count). The van der Waals surface area contributed by atoms with Gasteiger partial charge in [-0.2, -0.15) is 0 Å². The molecule has 0 radical (unpaired) electrons. The van der Waals surface area contributed by atoms with Gasteiger partial charge in [-0.3, -0.25) is 4.79 Å². The van der Waals surface area contributed by atoms with Crippen molar-refractivity contribution in [1.82, 2.24) is 9.47 Å². The molecule has 1 aromatic heterocycles. The summed E-state index contributed by atoms with van der Waals surface area (Å²) in [6.07, 6.45) is 0.906. The van der Waals surface area contributed by atoms with Gasteiger partial charge in [0.05, 0.1) is 0 Å². The Hall–Kier alpha value is -2.07. The quantitative estimate of drug-likeness (QED) is 0.633. The number of aryl methyl sites for hydroxylation is 1. The number of nitrogens with zero attached hydrogens (tertiary/aromatic N) is 2. The van der Waals surface area contributed by atoms with Crippen LogP contribution in [0.5, 0.6) is 0 Å². The molecule has 0 spiro atoms. The van der Waals surface area contributed by atoms with Crippen LogP contribution < -0.4 is 0 Å². The van der Waals surface area contributed by atoms with Gasteiger partial charge in [-0.1, -0.05) is 34.1 Å². The number of carbonyl (C=O) groups excluding carboxylic acids is 1. The van der Waals surface area contributed by atoms with Gasteiger partial charge in [0.15, 0.2) is 0 Å². The molecule has 23 heavy (non-hydrogen) atoms. The zero-order chi connectivity index (χ0) is 16.0. The van der Waals surface area contributed by atoms with Crippen LogP contribution in [-0.4, -0.2) is 21.9 Å². The van der Waals surface area contributed by atoms with Crippen molar-refractivity contribution in [3.63, 3.8) is 0 Å². The molecule has 0 saturated carbocycles. The van der Waals surface area contributed by atoms with E-state index in [2.05, 4.69) is 51.8 Å². The Morgan fingerprint density at radius 3 is 2.61 bits per heavy atom. The molecule has 0 saturated heterocycles. The lowest BCUT2D eigenvalue weighted by atomic mass is 10.0. The van der Waals surface area contributed by atoms with Crippen LogP contribution in [0.2, 0.25) is 0 Å². The Labute approximate surface area is 143 Å². The monoisotopic (exact) mass is 368 g/mol. The van der Waals surface area contributed by atoms with Crippen LogP contribution >= 0.6 is 15.9 Å². The van der Waals surface area contributed by atoms with Gasteiger partial charge in [-0.15, -0.1) is 0 Å². The third-order valence-electron chi connectivity index (χ3n) is 4.69. The highest BCUT2D eigenvalue weighted by Crippen LogP contribution is 2.30. The molecule has 1 aliphatic heterocycles. The molecule has 0 atom stereocenters. The number of benzene rings is 2. The number of hydrogen-bond donors (Lipinski definition) is 0. The van der Waals surface area contributed by atoms with E-state index in [-0.39, 0.29) is 5.91 Å². The second kappa shape index (κ2) is 5.53. The lowest BCUT2D eigenvalue weighted by Crippen LogP contribution is -2.36. The topological polar surface area (TPSA) is 25.2 Å². The van der Waals surface area contributed by atoms with Crippen LogP contribution in [0.4, 0.5) is 0 Å². The lowest BCUT2D eigenvalue weighted by molar-refractivity contribution is 0.0734. The third kappa shape index (κ3) is 2.38. The van der Waals surface area contributed by atoms with E-state index in [1.54, 1.807) is 0 Å². The molecule has 116 valence electrons. The Balaban J connectivity index is 1.70. The van der Waals surface area contributed by atoms with E-state index in [1.165, 1.54) is 22.2 Å². The number of fused-ring (bicyclic) bond motifs is 3. The molecular weight excluding hydrogens is 352 g/mol. The van der Waals surface area contributed by atoms with Crippen LogP contribution in [0.25, 0.3) is 10.9 Å². The minimum atomic E-state index is 0.107. The van der Waals surface area contributed by atoms with Gasteiger partial charge in [-0.05, 0) is 30.3 Å². The zero-order valence-corrected chi connectivity index (χ0v) is 14.5. The molecule has 0 fully saturated rings. The number of hydrogen-bond acceptors (Lipinski definition) is 1. The molecule has 1 aliphatic rings. The fraction of sp³-hybridized carbons (Fsp3) is 0.211. The van der Waals surface area contributed by atoms with Gasteiger partial charge < -0.3 is 9.47 Å². The van der Waals surface area contributed by atoms with E-state index in [0.29, 0.717) is 6.54 Å². The highest BCUT2D eigenvalue weighted by molar-refractivity contribution is 9.10. The predicted octanol–water partition coefficient (Wildman–Crippen LogP) is 4.14. The van der Waals surface area contributed by atoms with Crippen molar-refractivity contribution in [1.29, 1.82) is 0 Å². The van der Waals surface area contributed by atoms with Crippen molar-refractivity contribution in [3.8, 4) is 0 Å². The summed E-state index contributed by atoms with van der Waals surface area (Å²) in [5.41, 5.74) is 4.64. The molecule has 0 bridgehead atoms. The summed E-state index contributed by atoms with van der Waals surface area (Å²) in [4.78, 5) is 14.7. The van der Waals surface area contributed by atoms with Gasteiger partial charge in [0.25, 0.3) is 5.91 Å². The number of aromatic nitrogens is 1. The zero-order valence-electron chi connectivity index (χ0n) is 12.9. The average Bonchev–Trinajstić information content (AvgIpc) is 2.88. The summed E-state index contributed by atoms with van der Waals surface area (Å²) >= 11 is 3.41. The highest BCUT2D eigenvalue weighted by atomic mass is 79.9. The second-order valence-corrected chi connectivity index (χ2v) is 6.90. The third-order valence-corrected chi connectivity index (χ3v) is 5.22. The maximum Gasteiger partial charge on any atom is 0.254 e. The Morgan fingerprint density at radius 2 is 1.83 bits per heavy atom. The first-order valence-corrected chi connectivity index (χ1v) is 8.54. The summed E-state index contributed by atoms with van der Waals surface area (Å²) in [5.74, 6) is 0.107. The fourth-order valence-electron chi connectivity index (χ4n) is 3.48. The number of carbonyl (C=O) groups is 1. The summed E-state index contributed by atoms with van der Waals surface area (Å²) in [6, 6.07) is 16.0. The van der Waals surface area contributed by atoms with Crippen molar-refractivity contribution in [2.24, 2.45) is 7.05 Å². The minimum absolute atomic E-state index is 0.107. The largest absolute Gasteiger partial charge is 0.347 e. The maximum atomic E-state index is 12.8. The molecular formula is C19H17BrN2O. The van der Waals surface area contributed by atoms with Crippen LogP contribution in [0.3, 0.4) is 0 Å². The van der Waals surface area contributed by atoms with Gasteiger partial charge in [0.2, 0.25) is 0 Å². The summed E-state index contributed by atoms with van der Waals surface area (Å²) in [5, 5.41) is 1.26. The fourth-order valence-corrected chi connectivity index (χ4v) is 3.74. The first kappa shape index (κ1) is 14.5. The molecule has 3 aromatic rings. The van der Waals surface area contributed by atoms with E-state index < -0.39 is 0 Å². The SMILES string of the molecule is Cn1c2c(c3ccccc31)CN(C(=O)c1ccc(Br)cc1)CC2. The molecule has 1 amide bonds. The molecule has 0 N–H and O–H groups in total. The van der Waals surface area contributed by atoms with Crippen molar-refractivity contribution in [3.05, 3.63) is 69.8 Å². The van der Waals surface area contributed by atoms with Gasteiger partial charge in [0.1, 0.15) is 0 Å².